The number of pyridine rings is 1. The van der Waals surface area contributed by atoms with Gasteiger partial charge in [0.05, 0.1) is 17.9 Å². The van der Waals surface area contributed by atoms with Gasteiger partial charge in [-0.2, -0.15) is 0 Å². The number of carboxylic acids is 1. The van der Waals surface area contributed by atoms with Crippen LogP contribution in [0.25, 0.3) is 0 Å². The number of ether oxygens (including phenoxy) is 1. The lowest BCUT2D eigenvalue weighted by Crippen LogP contribution is -2.12. The molecule has 0 saturated carbocycles. The summed E-state index contributed by atoms with van der Waals surface area (Å²) in [6.07, 6.45) is 1.33. The number of nitrogens with zero attached hydrogens (tertiary/aromatic N) is 1. The predicted molar refractivity (Wildman–Crippen MR) is 61.1 cm³/mol. The van der Waals surface area contributed by atoms with Crippen LogP contribution in [0, 0.1) is 0 Å². The van der Waals surface area contributed by atoms with Crippen LogP contribution in [0.2, 0.25) is 0 Å². The van der Waals surface area contributed by atoms with Crippen LogP contribution in [0.5, 0.6) is 0 Å². The Morgan fingerprint density at radius 3 is 2.59 bits per heavy atom. The Morgan fingerprint density at radius 1 is 1.35 bits per heavy atom. The van der Waals surface area contributed by atoms with E-state index in [1.165, 1.54) is 12.1 Å². The van der Waals surface area contributed by atoms with Crippen LogP contribution in [0.3, 0.4) is 0 Å². The Balaban J connectivity index is 3.12. The molecule has 0 aliphatic carbocycles. The minimum Gasteiger partial charge on any atom is -0.477 e. The zero-order chi connectivity index (χ0) is 12.8. The van der Waals surface area contributed by atoms with Crippen molar-refractivity contribution in [2.45, 2.75) is 26.7 Å². The van der Waals surface area contributed by atoms with E-state index in [-0.39, 0.29) is 12.3 Å². The summed E-state index contributed by atoms with van der Waals surface area (Å²) >= 11 is 0. The fourth-order valence-corrected chi connectivity index (χ4v) is 1.44. The number of esters is 1. The summed E-state index contributed by atoms with van der Waals surface area (Å²) in [6, 6.07) is 2.77. The number of rotatable bonds is 5. The van der Waals surface area contributed by atoms with Crippen molar-refractivity contribution in [3.8, 4) is 0 Å². The Kier molecular flexibility index (Phi) is 4.63. The first-order valence-electron chi connectivity index (χ1n) is 5.50. The zero-order valence-corrected chi connectivity index (χ0v) is 9.90. The summed E-state index contributed by atoms with van der Waals surface area (Å²) in [5, 5.41) is 8.83. The molecular weight excluding hydrogens is 222 g/mol. The van der Waals surface area contributed by atoms with Gasteiger partial charge in [-0.25, -0.2) is 14.6 Å². The molecule has 0 aliphatic heterocycles. The molecule has 1 aromatic heterocycles. The van der Waals surface area contributed by atoms with Crippen LogP contribution in [-0.2, 0) is 11.2 Å². The summed E-state index contributed by atoms with van der Waals surface area (Å²) in [6.45, 7) is 3.94. The van der Waals surface area contributed by atoms with Gasteiger partial charge in [0.15, 0.2) is 0 Å². The summed E-state index contributed by atoms with van der Waals surface area (Å²) in [7, 11) is 0. The Hall–Kier alpha value is -1.91. The van der Waals surface area contributed by atoms with Crippen LogP contribution in [0.15, 0.2) is 12.1 Å². The highest BCUT2D eigenvalue weighted by Crippen LogP contribution is 2.12. The van der Waals surface area contributed by atoms with Crippen LogP contribution in [-0.4, -0.2) is 28.6 Å². The Bertz CT molecular complexity index is 429. The Morgan fingerprint density at radius 2 is 2.06 bits per heavy atom. The van der Waals surface area contributed by atoms with Crippen molar-refractivity contribution < 1.29 is 19.4 Å². The van der Waals surface area contributed by atoms with E-state index in [9.17, 15) is 9.59 Å². The highest BCUT2D eigenvalue weighted by atomic mass is 16.5. The van der Waals surface area contributed by atoms with Crippen LogP contribution < -0.4 is 0 Å². The number of hydrogen-bond acceptors (Lipinski definition) is 4. The third kappa shape index (κ3) is 3.27. The van der Waals surface area contributed by atoms with Crippen molar-refractivity contribution in [2.24, 2.45) is 0 Å². The lowest BCUT2D eigenvalue weighted by Gasteiger charge is -2.07. The SMILES string of the molecule is CCCc1nc(C(=O)O)ccc1C(=O)OCC. The van der Waals surface area contributed by atoms with Crippen molar-refractivity contribution in [1.82, 2.24) is 4.98 Å². The number of hydrogen-bond donors (Lipinski definition) is 1. The first kappa shape index (κ1) is 13.2. The molecule has 0 bridgehead atoms. The van der Waals surface area contributed by atoms with Crippen LogP contribution in [0.4, 0.5) is 0 Å². The second-order valence-corrected chi connectivity index (χ2v) is 3.47. The number of aryl methyl sites for hydroxylation is 1. The van der Waals surface area contributed by atoms with E-state index in [4.69, 9.17) is 9.84 Å². The normalized spacial score (nSPS) is 10.0. The Labute approximate surface area is 99.4 Å². The maximum Gasteiger partial charge on any atom is 0.354 e. The molecule has 0 unspecified atom stereocenters. The quantitative estimate of drug-likeness (QED) is 0.791. The molecular formula is C12H15NO4. The van der Waals surface area contributed by atoms with Gasteiger partial charge in [-0.1, -0.05) is 13.3 Å². The molecule has 0 atom stereocenters. The van der Waals surface area contributed by atoms with E-state index >= 15 is 0 Å². The van der Waals surface area contributed by atoms with Crippen molar-refractivity contribution in [1.29, 1.82) is 0 Å². The molecule has 17 heavy (non-hydrogen) atoms. The second-order valence-electron chi connectivity index (χ2n) is 3.47. The largest absolute Gasteiger partial charge is 0.477 e. The summed E-state index contributed by atoms with van der Waals surface area (Å²) < 4.78 is 4.89. The first-order valence-corrected chi connectivity index (χ1v) is 5.50. The van der Waals surface area contributed by atoms with Crippen LogP contribution >= 0.6 is 0 Å². The minimum atomic E-state index is -1.10. The predicted octanol–water partition coefficient (Wildman–Crippen LogP) is 1.91. The van der Waals surface area contributed by atoms with Gasteiger partial charge < -0.3 is 9.84 Å². The van der Waals surface area contributed by atoms with Gasteiger partial charge >= 0.3 is 11.9 Å². The summed E-state index contributed by atoms with van der Waals surface area (Å²) in [5.74, 6) is -1.56. The van der Waals surface area contributed by atoms with Crippen molar-refractivity contribution in [2.75, 3.05) is 6.61 Å². The lowest BCUT2D eigenvalue weighted by atomic mass is 10.1. The molecule has 5 nitrogen and oxygen atoms in total. The first-order chi connectivity index (χ1) is 8.10. The second kappa shape index (κ2) is 5.98. The number of aromatic carboxylic acids is 1. The highest BCUT2D eigenvalue weighted by Gasteiger charge is 2.16. The van der Waals surface area contributed by atoms with Gasteiger partial charge in [-0.15, -0.1) is 0 Å². The standard InChI is InChI=1S/C12H15NO4/c1-3-5-9-8(12(16)17-4-2)6-7-10(13-9)11(14)15/h6-7H,3-5H2,1-2H3,(H,14,15). The molecule has 1 aromatic rings. The molecule has 0 fully saturated rings. The van der Waals surface area contributed by atoms with E-state index in [1.807, 2.05) is 6.92 Å². The maximum atomic E-state index is 11.6. The lowest BCUT2D eigenvalue weighted by molar-refractivity contribution is 0.0522. The number of aromatic nitrogens is 1. The molecule has 1 rings (SSSR count). The third-order valence-corrected chi connectivity index (χ3v) is 2.18. The van der Waals surface area contributed by atoms with Crippen molar-refractivity contribution in [3.05, 3.63) is 29.1 Å². The van der Waals surface area contributed by atoms with E-state index in [2.05, 4.69) is 4.98 Å². The fourth-order valence-electron chi connectivity index (χ4n) is 1.44. The van der Waals surface area contributed by atoms with Gasteiger partial charge in [0.25, 0.3) is 0 Å². The molecule has 0 aliphatic rings. The van der Waals surface area contributed by atoms with Gasteiger partial charge in [-0.05, 0) is 25.5 Å². The third-order valence-electron chi connectivity index (χ3n) is 2.18. The molecule has 5 heteroatoms. The fraction of sp³-hybridized carbons (Fsp3) is 0.417. The highest BCUT2D eigenvalue weighted by molar-refractivity contribution is 5.92. The minimum absolute atomic E-state index is 0.0542. The maximum absolute atomic E-state index is 11.6. The molecule has 0 spiro atoms. The van der Waals surface area contributed by atoms with Gasteiger partial charge in [-0.3, -0.25) is 0 Å². The molecule has 1 heterocycles. The van der Waals surface area contributed by atoms with E-state index in [0.717, 1.165) is 6.42 Å². The number of carbonyl (C=O) groups excluding carboxylic acids is 1. The molecule has 92 valence electrons. The van der Waals surface area contributed by atoms with E-state index < -0.39 is 11.9 Å². The van der Waals surface area contributed by atoms with Gasteiger partial charge in [0.2, 0.25) is 0 Å². The average Bonchev–Trinajstić information content (AvgIpc) is 2.29. The van der Waals surface area contributed by atoms with Gasteiger partial charge in [0.1, 0.15) is 5.69 Å². The molecule has 0 saturated heterocycles. The molecule has 0 radical (unpaired) electrons. The topological polar surface area (TPSA) is 76.5 Å². The average molecular weight is 237 g/mol. The van der Waals surface area contributed by atoms with Gasteiger partial charge in [0, 0.05) is 0 Å². The zero-order valence-electron chi connectivity index (χ0n) is 9.90. The molecule has 0 aromatic carbocycles. The smallest absolute Gasteiger partial charge is 0.354 e. The van der Waals surface area contributed by atoms with E-state index in [0.29, 0.717) is 17.7 Å². The van der Waals surface area contributed by atoms with Crippen LogP contribution in [0.1, 0.15) is 46.8 Å². The van der Waals surface area contributed by atoms with Crippen molar-refractivity contribution in [3.63, 3.8) is 0 Å². The summed E-state index contributed by atoms with van der Waals surface area (Å²) in [4.78, 5) is 26.4. The monoisotopic (exact) mass is 237 g/mol. The van der Waals surface area contributed by atoms with Crippen molar-refractivity contribution >= 4 is 11.9 Å². The molecule has 1 N–H and O–H groups in total. The number of carbonyl (C=O) groups is 2. The van der Waals surface area contributed by atoms with E-state index in [1.54, 1.807) is 6.92 Å². The molecule has 0 amide bonds. The summed E-state index contributed by atoms with van der Waals surface area (Å²) in [5.41, 5.74) is 0.769. The number of carboxylic acid groups (broad SMARTS) is 1.